The quantitative estimate of drug-likeness (QED) is 0.790. The Hall–Kier alpha value is -1.56. The number of halogens is 1. The fraction of sp³-hybridized carbons (Fsp3) is 0.235. The molecule has 3 nitrogen and oxygen atoms in total. The van der Waals surface area contributed by atoms with Gasteiger partial charge in [-0.15, -0.1) is 0 Å². The number of benzene rings is 2. The van der Waals surface area contributed by atoms with Crippen LogP contribution < -0.4 is 5.32 Å². The van der Waals surface area contributed by atoms with E-state index in [-0.39, 0.29) is 11.9 Å². The minimum absolute atomic E-state index is 0.00732. The van der Waals surface area contributed by atoms with E-state index in [4.69, 9.17) is 0 Å². The fourth-order valence-electron chi connectivity index (χ4n) is 2.10. The molecule has 0 fully saturated rings. The third-order valence-electron chi connectivity index (χ3n) is 3.31. The van der Waals surface area contributed by atoms with Crippen LogP contribution in [-0.2, 0) is 0 Å². The Bertz CT molecular complexity index is 623. The molecule has 1 amide bonds. The number of nitrogens with one attached hydrogen (secondary N) is 1. The molecule has 1 atom stereocenters. The zero-order valence-electron chi connectivity index (χ0n) is 12.4. The van der Waals surface area contributed by atoms with Crippen LogP contribution in [-0.4, -0.2) is 24.9 Å². The average Bonchev–Trinajstić information content (AvgIpc) is 2.47. The number of hydrogen-bond donors (Lipinski definition) is 1. The summed E-state index contributed by atoms with van der Waals surface area (Å²) in [5.74, 6) is 0.00732. The van der Waals surface area contributed by atoms with Crippen molar-refractivity contribution in [2.24, 2.45) is 0 Å². The molecule has 0 aliphatic rings. The van der Waals surface area contributed by atoms with Crippen LogP contribution in [0.1, 0.15) is 28.9 Å². The second-order valence-electron chi connectivity index (χ2n) is 5.16. The van der Waals surface area contributed by atoms with Crippen LogP contribution in [0.25, 0.3) is 0 Å². The first kappa shape index (κ1) is 15.8. The van der Waals surface area contributed by atoms with Gasteiger partial charge in [0, 0.05) is 29.4 Å². The average molecular weight is 394 g/mol. The highest BCUT2D eigenvalue weighted by molar-refractivity contribution is 14.1. The summed E-state index contributed by atoms with van der Waals surface area (Å²) >= 11 is 2.29. The van der Waals surface area contributed by atoms with Gasteiger partial charge in [-0.3, -0.25) is 4.79 Å². The second kappa shape index (κ2) is 6.93. The van der Waals surface area contributed by atoms with Crippen LogP contribution in [0.4, 0.5) is 5.69 Å². The molecule has 0 saturated heterocycles. The molecule has 2 aromatic carbocycles. The van der Waals surface area contributed by atoms with Crippen LogP contribution in [0, 0.1) is 3.57 Å². The van der Waals surface area contributed by atoms with Gasteiger partial charge in [-0.1, -0.05) is 24.3 Å². The van der Waals surface area contributed by atoms with Gasteiger partial charge in [0.2, 0.25) is 0 Å². The molecule has 110 valence electrons. The van der Waals surface area contributed by atoms with Gasteiger partial charge in [0.15, 0.2) is 0 Å². The van der Waals surface area contributed by atoms with Crippen molar-refractivity contribution in [3.8, 4) is 0 Å². The SMILES string of the molecule is CC(Nc1ccccc1C(=O)N(C)C)c1ccc(I)cc1. The van der Waals surface area contributed by atoms with Crippen molar-refractivity contribution in [3.05, 3.63) is 63.2 Å². The molecular weight excluding hydrogens is 375 g/mol. The molecule has 2 aromatic rings. The van der Waals surface area contributed by atoms with E-state index in [9.17, 15) is 4.79 Å². The van der Waals surface area contributed by atoms with E-state index in [0.29, 0.717) is 5.56 Å². The molecule has 0 radical (unpaired) electrons. The first-order valence-electron chi connectivity index (χ1n) is 6.81. The first-order chi connectivity index (χ1) is 9.99. The van der Waals surface area contributed by atoms with Gasteiger partial charge in [0.05, 0.1) is 5.56 Å². The maximum atomic E-state index is 12.2. The molecule has 0 aliphatic heterocycles. The number of para-hydroxylation sites is 1. The monoisotopic (exact) mass is 394 g/mol. The van der Waals surface area contributed by atoms with Gasteiger partial charge in [-0.2, -0.15) is 0 Å². The number of rotatable bonds is 4. The molecule has 0 bridgehead atoms. The summed E-state index contributed by atoms with van der Waals surface area (Å²) in [6.07, 6.45) is 0. The van der Waals surface area contributed by atoms with Gasteiger partial charge in [0.25, 0.3) is 5.91 Å². The number of carbonyl (C=O) groups excluding carboxylic acids is 1. The maximum absolute atomic E-state index is 12.2. The number of amides is 1. The predicted octanol–water partition coefficient (Wildman–Crippen LogP) is 4.17. The smallest absolute Gasteiger partial charge is 0.255 e. The minimum atomic E-state index is 0.00732. The molecule has 0 aliphatic carbocycles. The molecule has 0 spiro atoms. The largest absolute Gasteiger partial charge is 0.378 e. The second-order valence-corrected chi connectivity index (χ2v) is 6.41. The van der Waals surface area contributed by atoms with E-state index in [2.05, 4.69) is 59.1 Å². The summed E-state index contributed by atoms with van der Waals surface area (Å²) in [6.45, 7) is 2.10. The van der Waals surface area contributed by atoms with E-state index >= 15 is 0 Å². The summed E-state index contributed by atoms with van der Waals surface area (Å²) in [6, 6.07) is 16.2. The standard InChI is InChI=1S/C17H19IN2O/c1-12(13-8-10-14(18)11-9-13)19-16-7-5-4-6-15(16)17(21)20(2)3/h4-12,19H,1-3H3. The van der Waals surface area contributed by atoms with Crippen LogP contribution >= 0.6 is 22.6 Å². The van der Waals surface area contributed by atoms with Gasteiger partial charge < -0.3 is 10.2 Å². The van der Waals surface area contributed by atoms with E-state index in [1.54, 1.807) is 19.0 Å². The Morgan fingerprint density at radius 1 is 1.10 bits per heavy atom. The zero-order chi connectivity index (χ0) is 15.4. The van der Waals surface area contributed by atoms with E-state index < -0.39 is 0 Å². The lowest BCUT2D eigenvalue weighted by Crippen LogP contribution is -2.23. The lowest BCUT2D eigenvalue weighted by atomic mass is 10.1. The molecule has 4 heteroatoms. The third kappa shape index (κ3) is 3.97. The van der Waals surface area contributed by atoms with Crippen LogP contribution in [0.15, 0.2) is 48.5 Å². The summed E-state index contributed by atoms with van der Waals surface area (Å²) in [4.78, 5) is 13.8. The molecule has 2 rings (SSSR count). The minimum Gasteiger partial charge on any atom is -0.378 e. The lowest BCUT2D eigenvalue weighted by Gasteiger charge is -2.20. The summed E-state index contributed by atoms with van der Waals surface area (Å²) in [7, 11) is 3.53. The van der Waals surface area contributed by atoms with Crippen molar-refractivity contribution in [1.82, 2.24) is 4.90 Å². The summed E-state index contributed by atoms with van der Waals surface area (Å²) < 4.78 is 1.21. The van der Waals surface area contributed by atoms with Crippen molar-refractivity contribution in [2.45, 2.75) is 13.0 Å². The van der Waals surface area contributed by atoms with Crippen molar-refractivity contribution in [1.29, 1.82) is 0 Å². The molecule has 0 aromatic heterocycles. The van der Waals surface area contributed by atoms with Gasteiger partial charge >= 0.3 is 0 Å². The van der Waals surface area contributed by atoms with E-state index in [1.165, 1.54) is 9.13 Å². The molecular formula is C17H19IN2O. The van der Waals surface area contributed by atoms with E-state index in [1.807, 2.05) is 24.3 Å². The topological polar surface area (TPSA) is 32.3 Å². The highest BCUT2D eigenvalue weighted by Gasteiger charge is 2.14. The van der Waals surface area contributed by atoms with E-state index in [0.717, 1.165) is 5.69 Å². The Morgan fingerprint density at radius 2 is 1.71 bits per heavy atom. The lowest BCUT2D eigenvalue weighted by molar-refractivity contribution is 0.0828. The highest BCUT2D eigenvalue weighted by atomic mass is 127. The zero-order valence-corrected chi connectivity index (χ0v) is 14.6. The molecule has 0 saturated carbocycles. The predicted molar refractivity (Wildman–Crippen MR) is 95.7 cm³/mol. The molecule has 21 heavy (non-hydrogen) atoms. The maximum Gasteiger partial charge on any atom is 0.255 e. The Labute approximate surface area is 139 Å². The van der Waals surface area contributed by atoms with Crippen molar-refractivity contribution in [2.75, 3.05) is 19.4 Å². The van der Waals surface area contributed by atoms with Crippen LogP contribution in [0.5, 0.6) is 0 Å². The normalized spacial score (nSPS) is 11.8. The summed E-state index contributed by atoms with van der Waals surface area (Å²) in [5.41, 5.74) is 2.75. The Kier molecular flexibility index (Phi) is 5.22. The fourth-order valence-corrected chi connectivity index (χ4v) is 2.46. The Balaban J connectivity index is 2.23. The van der Waals surface area contributed by atoms with Gasteiger partial charge in [-0.05, 0) is 59.3 Å². The number of carbonyl (C=O) groups is 1. The highest BCUT2D eigenvalue weighted by Crippen LogP contribution is 2.23. The molecule has 1 N–H and O–H groups in total. The van der Waals surface area contributed by atoms with Crippen molar-refractivity contribution >= 4 is 34.2 Å². The number of anilines is 1. The number of nitrogens with zero attached hydrogens (tertiary/aromatic N) is 1. The molecule has 1 unspecified atom stereocenters. The van der Waals surface area contributed by atoms with Gasteiger partial charge in [-0.25, -0.2) is 0 Å². The first-order valence-corrected chi connectivity index (χ1v) is 7.89. The van der Waals surface area contributed by atoms with Gasteiger partial charge in [0.1, 0.15) is 0 Å². The summed E-state index contributed by atoms with van der Waals surface area (Å²) in [5, 5.41) is 3.43. The van der Waals surface area contributed by atoms with Crippen LogP contribution in [0.2, 0.25) is 0 Å². The number of hydrogen-bond acceptors (Lipinski definition) is 2. The molecule has 0 heterocycles. The third-order valence-corrected chi connectivity index (χ3v) is 4.02. The Morgan fingerprint density at radius 3 is 2.33 bits per heavy atom. The van der Waals surface area contributed by atoms with Crippen molar-refractivity contribution < 1.29 is 4.79 Å². The van der Waals surface area contributed by atoms with Crippen molar-refractivity contribution in [3.63, 3.8) is 0 Å². The van der Waals surface area contributed by atoms with Crippen LogP contribution in [0.3, 0.4) is 0 Å².